The highest BCUT2D eigenvalue weighted by molar-refractivity contribution is 9.10. The smallest absolute Gasteiger partial charge is 0.326 e. The molecule has 2 rings (SSSR count). The fourth-order valence-corrected chi connectivity index (χ4v) is 2.10. The quantitative estimate of drug-likeness (QED) is 0.754. The summed E-state index contributed by atoms with van der Waals surface area (Å²) >= 11 is 3.02. The molecule has 1 fully saturated rings. The van der Waals surface area contributed by atoms with Crippen LogP contribution in [0.5, 0.6) is 0 Å². The van der Waals surface area contributed by atoms with E-state index in [-0.39, 0.29) is 15.6 Å². The van der Waals surface area contributed by atoms with Crippen LogP contribution in [0.2, 0.25) is 0 Å². The Hall–Kier alpha value is -1.63. The fraction of sp³-hybridized carbons (Fsp3) is 0.417. The molecule has 7 heteroatoms. The van der Waals surface area contributed by atoms with Crippen molar-refractivity contribution in [2.24, 2.45) is 5.92 Å². The summed E-state index contributed by atoms with van der Waals surface area (Å²) < 4.78 is 0.231. The monoisotopic (exact) mass is 328 g/mol. The van der Waals surface area contributed by atoms with Crippen molar-refractivity contribution in [3.63, 3.8) is 0 Å². The van der Waals surface area contributed by atoms with E-state index in [4.69, 9.17) is 5.11 Å². The molecule has 0 saturated heterocycles. The Morgan fingerprint density at radius 1 is 1.53 bits per heavy atom. The fourth-order valence-electron chi connectivity index (χ4n) is 1.74. The van der Waals surface area contributed by atoms with Gasteiger partial charge in [-0.05, 0) is 34.3 Å². The van der Waals surface area contributed by atoms with Gasteiger partial charge in [0.05, 0.1) is 10.0 Å². The molecular weight excluding hydrogens is 316 g/mol. The van der Waals surface area contributed by atoms with Gasteiger partial charge in [0.2, 0.25) is 0 Å². The molecule has 1 aliphatic rings. The molecule has 1 aromatic heterocycles. The molecule has 1 heterocycles. The van der Waals surface area contributed by atoms with Gasteiger partial charge in [-0.2, -0.15) is 0 Å². The van der Waals surface area contributed by atoms with E-state index in [9.17, 15) is 14.4 Å². The molecule has 3 N–H and O–H groups in total. The average Bonchev–Trinajstić information content (AvgIpc) is 3.15. The van der Waals surface area contributed by atoms with Gasteiger partial charge in [-0.25, -0.2) is 4.79 Å². The first-order valence-electron chi connectivity index (χ1n) is 5.89. The van der Waals surface area contributed by atoms with Crippen LogP contribution in [0, 0.1) is 5.92 Å². The van der Waals surface area contributed by atoms with Crippen LogP contribution in [0.25, 0.3) is 0 Å². The summed E-state index contributed by atoms with van der Waals surface area (Å²) in [5, 5.41) is 11.5. The number of hydrogen-bond acceptors (Lipinski definition) is 3. The standard InChI is InChI=1S/C12H13BrN2O4/c13-8-4-7(5-14-11(8)17)10(16)15-9(12(18)19)3-6-1-2-6/h4-6,9H,1-3H2,(H,14,17)(H,15,16)(H,18,19). The maximum atomic E-state index is 11.9. The van der Waals surface area contributed by atoms with E-state index < -0.39 is 17.9 Å². The number of carboxylic acids is 1. The van der Waals surface area contributed by atoms with Crippen LogP contribution in [0.15, 0.2) is 21.5 Å². The van der Waals surface area contributed by atoms with Crippen LogP contribution in [-0.4, -0.2) is 28.0 Å². The van der Waals surface area contributed by atoms with Gasteiger partial charge in [0.15, 0.2) is 0 Å². The molecule has 0 aromatic carbocycles. The van der Waals surface area contributed by atoms with Gasteiger partial charge in [0.25, 0.3) is 11.5 Å². The van der Waals surface area contributed by atoms with Crippen LogP contribution >= 0.6 is 15.9 Å². The number of carbonyl (C=O) groups is 2. The van der Waals surface area contributed by atoms with Gasteiger partial charge in [-0.1, -0.05) is 12.8 Å². The van der Waals surface area contributed by atoms with E-state index in [1.807, 2.05) is 0 Å². The first kappa shape index (κ1) is 13.8. The molecule has 1 aromatic rings. The number of pyridine rings is 1. The molecule has 102 valence electrons. The molecule has 1 saturated carbocycles. The number of halogens is 1. The average molecular weight is 329 g/mol. The number of nitrogens with one attached hydrogen (secondary N) is 2. The number of carboxylic acid groups (broad SMARTS) is 1. The molecular formula is C12H13BrN2O4. The van der Waals surface area contributed by atoms with E-state index in [0.29, 0.717) is 12.3 Å². The zero-order chi connectivity index (χ0) is 14.0. The molecule has 0 aliphatic heterocycles. The Kier molecular flexibility index (Phi) is 4.04. The summed E-state index contributed by atoms with van der Waals surface area (Å²) in [4.78, 5) is 36.5. The molecule has 0 spiro atoms. The molecule has 19 heavy (non-hydrogen) atoms. The van der Waals surface area contributed by atoms with Crippen molar-refractivity contribution >= 4 is 27.8 Å². The van der Waals surface area contributed by atoms with Gasteiger partial charge < -0.3 is 15.4 Å². The number of hydrogen-bond donors (Lipinski definition) is 3. The van der Waals surface area contributed by atoms with Crippen LogP contribution in [0.1, 0.15) is 29.6 Å². The second kappa shape index (κ2) is 5.56. The first-order valence-corrected chi connectivity index (χ1v) is 6.68. The van der Waals surface area contributed by atoms with Crippen LogP contribution in [0.3, 0.4) is 0 Å². The van der Waals surface area contributed by atoms with E-state index >= 15 is 0 Å². The van der Waals surface area contributed by atoms with Crippen molar-refractivity contribution in [2.45, 2.75) is 25.3 Å². The molecule has 1 amide bonds. The van der Waals surface area contributed by atoms with Gasteiger partial charge >= 0.3 is 5.97 Å². The summed E-state index contributed by atoms with van der Waals surface area (Å²) in [7, 11) is 0. The number of aromatic nitrogens is 1. The highest BCUT2D eigenvalue weighted by Gasteiger charge is 2.30. The maximum Gasteiger partial charge on any atom is 0.326 e. The number of H-pyrrole nitrogens is 1. The zero-order valence-electron chi connectivity index (χ0n) is 9.98. The molecule has 1 aliphatic carbocycles. The molecule has 0 radical (unpaired) electrons. The minimum atomic E-state index is -1.04. The topological polar surface area (TPSA) is 99.3 Å². The predicted octanol–water partition coefficient (Wildman–Crippen LogP) is 1.12. The van der Waals surface area contributed by atoms with Crippen LogP contribution in [-0.2, 0) is 4.79 Å². The Morgan fingerprint density at radius 3 is 2.74 bits per heavy atom. The molecule has 1 unspecified atom stereocenters. The lowest BCUT2D eigenvalue weighted by atomic mass is 10.1. The number of carbonyl (C=O) groups excluding carboxylic acids is 1. The number of aliphatic carboxylic acids is 1. The molecule has 6 nitrogen and oxygen atoms in total. The summed E-state index contributed by atoms with van der Waals surface area (Å²) in [6, 6.07) is 0.482. The SMILES string of the molecule is O=C(NC(CC1CC1)C(=O)O)c1c[nH]c(=O)c(Br)c1. The van der Waals surface area contributed by atoms with Crippen molar-refractivity contribution < 1.29 is 14.7 Å². The van der Waals surface area contributed by atoms with Gasteiger partial charge in [-0.3, -0.25) is 9.59 Å². The predicted molar refractivity (Wildman–Crippen MR) is 71.0 cm³/mol. The Morgan fingerprint density at radius 2 is 2.21 bits per heavy atom. The lowest BCUT2D eigenvalue weighted by Crippen LogP contribution is -2.41. The summed E-state index contributed by atoms with van der Waals surface area (Å²) in [6.45, 7) is 0. The van der Waals surface area contributed by atoms with Gasteiger partial charge in [0.1, 0.15) is 6.04 Å². The molecule has 0 bridgehead atoms. The van der Waals surface area contributed by atoms with Crippen molar-refractivity contribution in [1.29, 1.82) is 0 Å². The third kappa shape index (κ3) is 3.66. The number of rotatable bonds is 5. The Balaban J connectivity index is 2.07. The highest BCUT2D eigenvalue weighted by atomic mass is 79.9. The largest absolute Gasteiger partial charge is 0.480 e. The first-order chi connectivity index (χ1) is 8.97. The molecule has 1 atom stereocenters. The third-order valence-corrected chi connectivity index (χ3v) is 3.58. The lowest BCUT2D eigenvalue weighted by Gasteiger charge is -2.14. The number of amides is 1. The zero-order valence-corrected chi connectivity index (χ0v) is 11.6. The van der Waals surface area contributed by atoms with Crippen molar-refractivity contribution in [1.82, 2.24) is 10.3 Å². The van der Waals surface area contributed by atoms with Crippen LogP contribution < -0.4 is 10.9 Å². The third-order valence-electron chi connectivity index (χ3n) is 2.99. The summed E-state index contributed by atoms with van der Waals surface area (Å²) in [5.74, 6) is -1.16. The lowest BCUT2D eigenvalue weighted by molar-refractivity contribution is -0.139. The number of aromatic amines is 1. The van der Waals surface area contributed by atoms with Gasteiger partial charge in [0, 0.05) is 6.20 Å². The summed E-state index contributed by atoms with van der Waals surface area (Å²) in [5.41, 5.74) is -0.127. The van der Waals surface area contributed by atoms with E-state index in [1.165, 1.54) is 12.3 Å². The van der Waals surface area contributed by atoms with Crippen molar-refractivity contribution in [3.05, 3.63) is 32.7 Å². The Bertz CT molecular complexity index is 565. The van der Waals surface area contributed by atoms with Crippen molar-refractivity contribution in [3.8, 4) is 0 Å². The van der Waals surface area contributed by atoms with Crippen LogP contribution in [0.4, 0.5) is 0 Å². The second-order valence-electron chi connectivity index (χ2n) is 4.61. The summed E-state index contributed by atoms with van der Waals surface area (Å²) in [6.07, 6.45) is 3.75. The highest BCUT2D eigenvalue weighted by Crippen LogP contribution is 2.33. The Labute approximate surface area is 117 Å². The van der Waals surface area contributed by atoms with E-state index in [0.717, 1.165) is 12.8 Å². The minimum absolute atomic E-state index is 0.216. The van der Waals surface area contributed by atoms with E-state index in [1.54, 1.807) is 0 Å². The minimum Gasteiger partial charge on any atom is -0.480 e. The van der Waals surface area contributed by atoms with E-state index in [2.05, 4.69) is 26.2 Å². The van der Waals surface area contributed by atoms with Crippen molar-refractivity contribution in [2.75, 3.05) is 0 Å². The second-order valence-corrected chi connectivity index (χ2v) is 5.46. The maximum absolute atomic E-state index is 11.9. The van der Waals surface area contributed by atoms with Gasteiger partial charge in [-0.15, -0.1) is 0 Å². The normalized spacial score (nSPS) is 15.8.